The van der Waals surface area contributed by atoms with Crippen LogP contribution in [0.1, 0.15) is 45.2 Å². The van der Waals surface area contributed by atoms with Crippen molar-refractivity contribution in [3.05, 3.63) is 46.4 Å². The Hall–Kier alpha value is -2.30. The van der Waals surface area contributed by atoms with Gasteiger partial charge >= 0.3 is 0 Å². The van der Waals surface area contributed by atoms with Gasteiger partial charge < -0.3 is 10.2 Å². The molecule has 2 heterocycles. The molecule has 2 N–H and O–H groups in total. The van der Waals surface area contributed by atoms with Crippen molar-refractivity contribution < 1.29 is 0 Å². The number of nitrogens with zero attached hydrogens (tertiary/aromatic N) is 2. The molecule has 0 amide bonds. The number of aromatic nitrogens is 2. The quantitative estimate of drug-likeness (QED) is 0.831. The predicted octanol–water partition coefficient (Wildman–Crippen LogP) is 4.09. The second kappa shape index (κ2) is 8.19. The molecule has 1 aromatic carbocycles. The Morgan fingerprint density at radius 3 is 2.64 bits per heavy atom. The summed E-state index contributed by atoms with van der Waals surface area (Å²) < 4.78 is 0. The van der Waals surface area contributed by atoms with Crippen LogP contribution < -0.4 is 15.8 Å². The van der Waals surface area contributed by atoms with Gasteiger partial charge in [-0.05, 0) is 55.9 Å². The number of unbranched alkanes of at least 4 members (excludes halogenated alkanes) is 1. The van der Waals surface area contributed by atoms with E-state index in [0.717, 1.165) is 49.7 Å². The van der Waals surface area contributed by atoms with Gasteiger partial charge in [-0.1, -0.05) is 20.3 Å². The monoisotopic (exact) mass is 340 g/mol. The van der Waals surface area contributed by atoms with Crippen LogP contribution in [0.3, 0.4) is 0 Å². The number of rotatable bonds is 6. The Morgan fingerprint density at radius 1 is 1.24 bits per heavy atom. The highest BCUT2D eigenvalue weighted by Crippen LogP contribution is 2.24. The number of aryl methyl sites for hydroxylation is 1. The Bertz CT molecular complexity index is 730. The molecule has 0 spiro atoms. The summed E-state index contributed by atoms with van der Waals surface area (Å²) in [6, 6.07) is 9.95. The molecule has 5 heteroatoms. The van der Waals surface area contributed by atoms with Crippen molar-refractivity contribution in [2.45, 2.75) is 46.0 Å². The summed E-state index contributed by atoms with van der Waals surface area (Å²) in [5, 5.41) is 3.21. The molecular formula is C20H28N4O. The highest BCUT2D eigenvalue weighted by atomic mass is 16.1. The molecule has 0 saturated carbocycles. The van der Waals surface area contributed by atoms with Gasteiger partial charge in [0.05, 0.1) is 0 Å². The molecule has 1 fully saturated rings. The van der Waals surface area contributed by atoms with Crippen LogP contribution in [0.25, 0.3) is 0 Å². The van der Waals surface area contributed by atoms with Crippen LogP contribution >= 0.6 is 0 Å². The standard InChI is InChI=1S/C20H28N4O/c1-3-4-5-17-14-19(25)23-20(22-17)21-16-6-8-18(9-7-16)24-12-10-15(2)11-13-24/h6-9,14-15H,3-5,10-13H2,1-2H3,(H2,21,22,23,25). The van der Waals surface area contributed by atoms with Gasteiger partial charge in [0.15, 0.2) is 0 Å². The average Bonchev–Trinajstić information content (AvgIpc) is 2.61. The fourth-order valence-electron chi connectivity index (χ4n) is 3.21. The molecule has 0 atom stereocenters. The number of hydrogen-bond donors (Lipinski definition) is 2. The van der Waals surface area contributed by atoms with Crippen molar-refractivity contribution in [1.82, 2.24) is 9.97 Å². The molecule has 1 aliphatic heterocycles. The molecule has 0 radical (unpaired) electrons. The molecule has 3 rings (SSSR count). The molecule has 1 saturated heterocycles. The van der Waals surface area contributed by atoms with Crippen LogP contribution in [0, 0.1) is 5.92 Å². The third-order valence-electron chi connectivity index (χ3n) is 4.86. The summed E-state index contributed by atoms with van der Waals surface area (Å²) in [4.78, 5) is 21.5. The number of piperidine rings is 1. The van der Waals surface area contributed by atoms with E-state index in [9.17, 15) is 4.79 Å². The predicted molar refractivity (Wildman–Crippen MR) is 104 cm³/mol. The number of H-pyrrole nitrogens is 1. The fraction of sp³-hybridized carbons (Fsp3) is 0.500. The van der Waals surface area contributed by atoms with E-state index in [-0.39, 0.29) is 5.56 Å². The minimum atomic E-state index is -0.109. The summed E-state index contributed by atoms with van der Waals surface area (Å²) in [6.45, 7) is 6.72. The minimum absolute atomic E-state index is 0.109. The van der Waals surface area contributed by atoms with Crippen LogP contribution in [0.15, 0.2) is 35.1 Å². The SMILES string of the molecule is CCCCc1cc(=O)[nH]c(Nc2ccc(N3CCC(C)CC3)cc2)n1. The lowest BCUT2D eigenvalue weighted by Crippen LogP contribution is -2.32. The summed E-state index contributed by atoms with van der Waals surface area (Å²) in [7, 11) is 0. The molecule has 2 aromatic rings. The maximum Gasteiger partial charge on any atom is 0.252 e. The Kier molecular flexibility index (Phi) is 5.74. The van der Waals surface area contributed by atoms with Gasteiger partial charge in [-0.2, -0.15) is 0 Å². The fourth-order valence-corrected chi connectivity index (χ4v) is 3.21. The third kappa shape index (κ3) is 4.84. The molecule has 0 bridgehead atoms. The number of hydrogen-bond acceptors (Lipinski definition) is 4. The lowest BCUT2D eigenvalue weighted by Gasteiger charge is -2.32. The first-order chi connectivity index (χ1) is 12.1. The first kappa shape index (κ1) is 17.5. The smallest absolute Gasteiger partial charge is 0.252 e. The molecule has 25 heavy (non-hydrogen) atoms. The first-order valence-electron chi connectivity index (χ1n) is 9.36. The largest absolute Gasteiger partial charge is 0.372 e. The molecule has 5 nitrogen and oxygen atoms in total. The van der Waals surface area contributed by atoms with Gasteiger partial charge in [0.1, 0.15) is 0 Å². The number of aromatic amines is 1. The van der Waals surface area contributed by atoms with E-state index in [0.29, 0.717) is 5.95 Å². The van der Waals surface area contributed by atoms with Crippen molar-refractivity contribution >= 4 is 17.3 Å². The normalized spacial score (nSPS) is 15.4. The van der Waals surface area contributed by atoms with Gasteiger partial charge in [0.2, 0.25) is 5.95 Å². The molecular weight excluding hydrogens is 312 g/mol. The van der Waals surface area contributed by atoms with Crippen LogP contribution in [0.5, 0.6) is 0 Å². The molecule has 1 aliphatic rings. The maximum absolute atomic E-state index is 11.8. The Balaban J connectivity index is 1.67. The molecule has 0 unspecified atom stereocenters. The van der Waals surface area contributed by atoms with E-state index >= 15 is 0 Å². The summed E-state index contributed by atoms with van der Waals surface area (Å²) >= 11 is 0. The van der Waals surface area contributed by atoms with Gasteiger partial charge in [0, 0.05) is 36.2 Å². The van der Waals surface area contributed by atoms with E-state index < -0.39 is 0 Å². The van der Waals surface area contributed by atoms with Crippen molar-refractivity contribution in [2.24, 2.45) is 5.92 Å². The van der Waals surface area contributed by atoms with Crippen molar-refractivity contribution in [2.75, 3.05) is 23.3 Å². The van der Waals surface area contributed by atoms with Gasteiger partial charge in [-0.25, -0.2) is 4.98 Å². The van der Waals surface area contributed by atoms with E-state index in [1.165, 1.54) is 18.5 Å². The number of benzene rings is 1. The van der Waals surface area contributed by atoms with Gasteiger partial charge in [-0.3, -0.25) is 9.78 Å². The minimum Gasteiger partial charge on any atom is -0.372 e. The zero-order chi connectivity index (χ0) is 17.6. The Morgan fingerprint density at radius 2 is 1.96 bits per heavy atom. The highest BCUT2D eigenvalue weighted by Gasteiger charge is 2.15. The summed E-state index contributed by atoms with van der Waals surface area (Å²) in [5.41, 5.74) is 2.93. The van der Waals surface area contributed by atoms with E-state index in [4.69, 9.17) is 0 Å². The van der Waals surface area contributed by atoms with E-state index in [2.05, 4.69) is 46.2 Å². The summed E-state index contributed by atoms with van der Waals surface area (Å²) in [6.07, 6.45) is 5.49. The van der Waals surface area contributed by atoms with Crippen molar-refractivity contribution in [1.29, 1.82) is 0 Å². The summed E-state index contributed by atoms with van der Waals surface area (Å²) in [5.74, 6) is 1.35. The zero-order valence-electron chi connectivity index (χ0n) is 15.2. The van der Waals surface area contributed by atoms with Crippen molar-refractivity contribution in [3.8, 4) is 0 Å². The molecule has 1 aromatic heterocycles. The topological polar surface area (TPSA) is 61.0 Å². The second-order valence-electron chi connectivity index (χ2n) is 7.03. The lowest BCUT2D eigenvalue weighted by atomic mass is 9.99. The average molecular weight is 340 g/mol. The zero-order valence-corrected chi connectivity index (χ0v) is 15.2. The maximum atomic E-state index is 11.8. The van der Waals surface area contributed by atoms with Crippen LogP contribution in [0.2, 0.25) is 0 Å². The molecule has 134 valence electrons. The number of nitrogens with one attached hydrogen (secondary N) is 2. The third-order valence-corrected chi connectivity index (χ3v) is 4.86. The molecule has 0 aliphatic carbocycles. The number of anilines is 3. The second-order valence-corrected chi connectivity index (χ2v) is 7.03. The first-order valence-corrected chi connectivity index (χ1v) is 9.36. The highest BCUT2D eigenvalue weighted by molar-refractivity contribution is 5.59. The van der Waals surface area contributed by atoms with Crippen LogP contribution in [-0.4, -0.2) is 23.1 Å². The Labute approximate surface area is 149 Å². The van der Waals surface area contributed by atoms with Crippen LogP contribution in [-0.2, 0) is 6.42 Å². The van der Waals surface area contributed by atoms with Gasteiger partial charge in [-0.15, -0.1) is 0 Å². The van der Waals surface area contributed by atoms with Gasteiger partial charge in [0.25, 0.3) is 5.56 Å². The van der Waals surface area contributed by atoms with Crippen LogP contribution in [0.4, 0.5) is 17.3 Å². The lowest BCUT2D eigenvalue weighted by molar-refractivity contribution is 0.438. The van der Waals surface area contributed by atoms with E-state index in [1.807, 2.05) is 12.1 Å². The van der Waals surface area contributed by atoms with Crippen molar-refractivity contribution in [3.63, 3.8) is 0 Å². The van der Waals surface area contributed by atoms with E-state index in [1.54, 1.807) is 6.07 Å².